The Hall–Kier alpha value is -1.21. The summed E-state index contributed by atoms with van der Waals surface area (Å²) in [6.45, 7) is 4.27. The number of terminal acetylenes is 1. The van der Waals surface area contributed by atoms with Gasteiger partial charge in [0.1, 0.15) is 0 Å². The first-order valence-electron chi connectivity index (χ1n) is 4.32. The van der Waals surface area contributed by atoms with Crippen LogP contribution in [0.25, 0.3) is 0 Å². The highest BCUT2D eigenvalue weighted by atomic mass is 16.6. The zero-order chi connectivity index (χ0) is 9.68. The fourth-order valence-electron chi connectivity index (χ4n) is 1.29. The number of amides is 1. The van der Waals surface area contributed by atoms with Crippen LogP contribution in [0.5, 0.6) is 0 Å². The average molecular weight is 182 g/mol. The molecule has 1 aliphatic rings. The van der Waals surface area contributed by atoms with Crippen LogP contribution in [0.1, 0.15) is 6.92 Å². The number of ether oxygens (including phenoxy) is 1. The molecule has 1 N–H and O–H groups in total. The third kappa shape index (κ3) is 2.96. The standard InChI is InChI=1S/C9H14N2O2/c1-3-6-13-9(12)11-5-4-10-8(2)7-11/h1,8,10H,4-7H2,2H3/t8-/m0/s1. The van der Waals surface area contributed by atoms with Gasteiger partial charge in [-0.25, -0.2) is 4.79 Å². The average Bonchev–Trinajstić information content (AvgIpc) is 2.14. The molecule has 13 heavy (non-hydrogen) atoms. The lowest BCUT2D eigenvalue weighted by molar-refractivity contribution is 0.102. The van der Waals surface area contributed by atoms with E-state index in [1.165, 1.54) is 0 Å². The van der Waals surface area contributed by atoms with Crippen molar-refractivity contribution in [1.82, 2.24) is 10.2 Å². The first-order valence-corrected chi connectivity index (χ1v) is 4.32. The summed E-state index contributed by atoms with van der Waals surface area (Å²) in [5, 5.41) is 3.23. The molecule has 0 aromatic rings. The second kappa shape index (κ2) is 4.73. The van der Waals surface area contributed by atoms with E-state index in [0.29, 0.717) is 19.1 Å². The third-order valence-electron chi connectivity index (χ3n) is 1.91. The van der Waals surface area contributed by atoms with Gasteiger partial charge in [-0.05, 0) is 6.92 Å². The molecular weight excluding hydrogens is 168 g/mol. The van der Waals surface area contributed by atoms with Crippen molar-refractivity contribution in [2.24, 2.45) is 0 Å². The van der Waals surface area contributed by atoms with Gasteiger partial charge in [-0.2, -0.15) is 0 Å². The van der Waals surface area contributed by atoms with Crippen molar-refractivity contribution in [2.45, 2.75) is 13.0 Å². The van der Waals surface area contributed by atoms with E-state index < -0.39 is 0 Å². The van der Waals surface area contributed by atoms with Crippen molar-refractivity contribution < 1.29 is 9.53 Å². The van der Waals surface area contributed by atoms with E-state index in [1.807, 2.05) is 6.92 Å². The number of hydrogen-bond donors (Lipinski definition) is 1. The van der Waals surface area contributed by atoms with Crippen LogP contribution in [0.3, 0.4) is 0 Å². The van der Waals surface area contributed by atoms with Crippen molar-refractivity contribution in [2.75, 3.05) is 26.2 Å². The van der Waals surface area contributed by atoms with Crippen molar-refractivity contribution in [3.05, 3.63) is 0 Å². The molecule has 4 nitrogen and oxygen atoms in total. The molecule has 0 saturated carbocycles. The highest BCUT2D eigenvalue weighted by molar-refractivity contribution is 5.68. The van der Waals surface area contributed by atoms with Gasteiger partial charge in [-0.3, -0.25) is 0 Å². The van der Waals surface area contributed by atoms with Gasteiger partial charge in [0.25, 0.3) is 0 Å². The summed E-state index contributed by atoms with van der Waals surface area (Å²) in [7, 11) is 0. The summed E-state index contributed by atoms with van der Waals surface area (Å²) in [5.74, 6) is 2.26. The Labute approximate surface area is 78.2 Å². The smallest absolute Gasteiger partial charge is 0.410 e. The maximum atomic E-state index is 11.3. The second-order valence-corrected chi connectivity index (χ2v) is 3.06. The number of nitrogens with one attached hydrogen (secondary N) is 1. The van der Waals surface area contributed by atoms with Gasteiger partial charge in [0.05, 0.1) is 0 Å². The SMILES string of the molecule is C#CCOC(=O)N1CCN[C@@H](C)C1. The maximum absolute atomic E-state index is 11.3. The van der Waals surface area contributed by atoms with E-state index in [0.717, 1.165) is 6.54 Å². The van der Waals surface area contributed by atoms with Crippen molar-refractivity contribution in [3.63, 3.8) is 0 Å². The molecular formula is C9H14N2O2. The predicted molar refractivity (Wildman–Crippen MR) is 49.2 cm³/mol. The number of carbonyl (C=O) groups excluding carboxylic acids is 1. The van der Waals surface area contributed by atoms with Crippen molar-refractivity contribution >= 4 is 6.09 Å². The lowest BCUT2D eigenvalue weighted by Crippen LogP contribution is -2.51. The zero-order valence-corrected chi connectivity index (χ0v) is 7.75. The summed E-state index contributed by atoms with van der Waals surface area (Å²) >= 11 is 0. The normalized spacial score (nSPS) is 22.2. The molecule has 0 spiro atoms. The molecule has 0 radical (unpaired) electrons. The van der Waals surface area contributed by atoms with E-state index >= 15 is 0 Å². The summed E-state index contributed by atoms with van der Waals surface area (Å²) in [6.07, 6.45) is 4.66. The van der Waals surface area contributed by atoms with Gasteiger partial charge in [0.15, 0.2) is 6.61 Å². The lowest BCUT2D eigenvalue weighted by atomic mass is 10.2. The van der Waals surface area contributed by atoms with Crippen LogP contribution in [0, 0.1) is 12.3 Å². The van der Waals surface area contributed by atoms with Gasteiger partial charge in [0.2, 0.25) is 0 Å². The number of carbonyl (C=O) groups is 1. The summed E-state index contributed by atoms with van der Waals surface area (Å²) < 4.78 is 4.80. The molecule has 72 valence electrons. The van der Waals surface area contributed by atoms with Gasteiger partial charge < -0.3 is 15.0 Å². The molecule has 1 fully saturated rings. The van der Waals surface area contributed by atoms with Crippen molar-refractivity contribution in [3.8, 4) is 12.3 Å². The lowest BCUT2D eigenvalue weighted by Gasteiger charge is -2.30. The molecule has 4 heteroatoms. The molecule has 0 unspecified atom stereocenters. The number of piperazine rings is 1. The quantitative estimate of drug-likeness (QED) is 0.583. The molecule has 0 aromatic carbocycles. The summed E-state index contributed by atoms with van der Waals surface area (Å²) in [4.78, 5) is 12.9. The number of nitrogens with zero attached hydrogens (tertiary/aromatic N) is 1. The molecule has 1 rings (SSSR count). The minimum Gasteiger partial charge on any atom is -0.436 e. The summed E-state index contributed by atoms with van der Waals surface area (Å²) in [6, 6.07) is 0.326. The van der Waals surface area contributed by atoms with Gasteiger partial charge in [-0.15, -0.1) is 6.42 Å². The highest BCUT2D eigenvalue weighted by Gasteiger charge is 2.20. The minimum atomic E-state index is -0.314. The Morgan fingerprint density at radius 2 is 2.62 bits per heavy atom. The Balaban J connectivity index is 2.33. The fourth-order valence-corrected chi connectivity index (χ4v) is 1.29. The van der Waals surface area contributed by atoms with E-state index in [9.17, 15) is 4.79 Å². The second-order valence-electron chi connectivity index (χ2n) is 3.06. The van der Waals surface area contributed by atoms with Crippen LogP contribution in [0.4, 0.5) is 4.79 Å². The topological polar surface area (TPSA) is 41.6 Å². The summed E-state index contributed by atoms with van der Waals surface area (Å²) in [5.41, 5.74) is 0. The molecule has 1 aliphatic heterocycles. The Morgan fingerprint density at radius 1 is 1.85 bits per heavy atom. The Kier molecular flexibility index (Phi) is 3.59. The Bertz CT molecular complexity index is 222. The Morgan fingerprint density at radius 3 is 3.23 bits per heavy atom. The van der Waals surface area contributed by atoms with Crippen LogP contribution < -0.4 is 5.32 Å². The molecule has 1 heterocycles. The first kappa shape index (κ1) is 9.87. The van der Waals surface area contributed by atoms with Gasteiger partial charge >= 0.3 is 6.09 Å². The largest absolute Gasteiger partial charge is 0.436 e. The molecule has 1 atom stereocenters. The van der Waals surface area contributed by atoms with Crippen LogP contribution in [0.2, 0.25) is 0 Å². The predicted octanol–water partition coefficient (Wildman–Crippen LogP) is 0.0499. The van der Waals surface area contributed by atoms with Gasteiger partial charge in [-0.1, -0.05) is 5.92 Å². The number of rotatable bonds is 1. The molecule has 0 aliphatic carbocycles. The van der Waals surface area contributed by atoms with Crippen LogP contribution >= 0.6 is 0 Å². The molecule has 0 bridgehead atoms. The van der Waals surface area contributed by atoms with Crippen molar-refractivity contribution in [1.29, 1.82) is 0 Å². The molecule has 1 amide bonds. The number of hydrogen-bond acceptors (Lipinski definition) is 3. The minimum absolute atomic E-state index is 0.0527. The van der Waals surface area contributed by atoms with Gasteiger partial charge in [0, 0.05) is 25.7 Å². The van der Waals surface area contributed by atoms with E-state index in [1.54, 1.807) is 4.90 Å². The molecule has 1 saturated heterocycles. The fraction of sp³-hybridized carbons (Fsp3) is 0.667. The monoisotopic (exact) mass is 182 g/mol. The van der Waals surface area contributed by atoms with Crippen LogP contribution in [-0.4, -0.2) is 43.3 Å². The first-order chi connectivity index (χ1) is 6.24. The van der Waals surface area contributed by atoms with E-state index in [4.69, 9.17) is 11.2 Å². The van der Waals surface area contributed by atoms with Crippen LogP contribution in [-0.2, 0) is 4.74 Å². The maximum Gasteiger partial charge on any atom is 0.410 e. The van der Waals surface area contributed by atoms with E-state index in [-0.39, 0.29) is 12.7 Å². The van der Waals surface area contributed by atoms with E-state index in [2.05, 4.69) is 11.2 Å². The molecule has 0 aromatic heterocycles. The third-order valence-corrected chi connectivity index (χ3v) is 1.91. The zero-order valence-electron chi connectivity index (χ0n) is 7.75. The van der Waals surface area contributed by atoms with Crippen LogP contribution in [0.15, 0.2) is 0 Å². The highest BCUT2D eigenvalue weighted by Crippen LogP contribution is 2.00.